The summed E-state index contributed by atoms with van der Waals surface area (Å²) in [6.45, 7) is 8.26. The number of hydrogen-bond acceptors (Lipinski definition) is 13. The largest absolute Gasteiger partial charge is 0.382 e. The quantitative estimate of drug-likeness (QED) is 0.353. The van der Waals surface area contributed by atoms with E-state index in [-0.39, 0.29) is 31.8 Å². The van der Waals surface area contributed by atoms with Gasteiger partial charge in [0.15, 0.2) is 0 Å². The summed E-state index contributed by atoms with van der Waals surface area (Å²) in [5.74, 6) is 0. The van der Waals surface area contributed by atoms with Crippen LogP contribution in [-0.4, -0.2) is 128 Å². The molecule has 220 valence electrons. The summed E-state index contributed by atoms with van der Waals surface area (Å²) in [5, 5.41) is 1.71. The fourth-order valence-corrected chi connectivity index (χ4v) is 6.81. The lowest BCUT2D eigenvalue weighted by atomic mass is 9.94. The highest BCUT2D eigenvalue weighted by Gasteiger charge is 2.63. The molecule has 13 nitrogen and oxygen atoms in total. The van der Waals surface area contributed by atoms with E-state index in [0.29, 0.717) is 26.4 Å². The van der Waals surface area contributed by atoms with Gasteiger partial charge in [-0.25, -0.2) is 0 Å². The van der Waals surface area contributed by atoms with Gasteiger partial charge in [-0.05, 0) is 13.8 Å². The molecular weight excluding hydrogens is 532 g/mol. The summed E-state index contributed by atoms with van der Waals surface area (Å²) in [6.07, 6.45) is -1.68. The van der Waals surface area contributed by atoms with Crippen LogP contribution >= 0.6 is 15.2 Å². The Morgan fingerprint density at radius 3 is 1.78 bits per heavy atom. The van der Waals surface area contributed by atoms with E-state index in [2.05, 4.69) is 0 Å². The molecule has 0 aliphatic carbocycles. The monoisotopic (exact) mass is 577 g/mol. The fourth-order valence-electron chi connectivity index (χ4n) is 5.19. The first kappa shape index (κ1) is 33.2. The van der Waals surface area contributed by atoms with E-state index < -0.39 is 38.6 Å². The molecule has 4 aliphatic heterocycles. The van der Waals surface area contributed by atoms with Crippen molar-refractivity contribution in [1.82, 2.24) is 5.06 Å². The Balaban J connectivity index is 0.000000255. The van der Waals surface area contributed by atoms with Crippen LogP contribution in [-0.2, 0) is 55.7 Å². The maximum atomic E-state index is 12.1. The van der Waals surface area contributed by atoms with Gasteiger partial charge in [0.25, 0.3) is 0 Å². The second kappa shape index (κ2) is 12.7. The van der Waals surface area contributed by atoms with Crippen molar-refractivity contribution in [2.45, 2.75) is 69.1 Å². The van der Waals surface area contributed by atoms with Gasteiger partial charge in [-0.2, -0.15) is 5.06 Å². The minimum Gasteiger partial charge on any atom is -0.382 e. The van der Waals surface area contributed by atoms with Crippen molar-refractivity contribution in [3.63, 3.8) is 0 Å². The first-order valence-corrected chi connectivity index (χ1v) is 15.7. The van der Waals surface area contributed by atoms with E-state index in [9.17, 15) is 9.13 Å². The minimum absolute atomic E-state index is 0. The first-order chi connectivity index (χ1) is 16.8. The van der Waals surface area contributed by atoms with Gasteiger partial charge in [-0.1, -0.05) is 7.43 Å². The van der Waals surface area contributed by atoms with Crippen LogP contribution in [0.2, 0.25) is 0 Å². The third-order valence-electron chi connectivity index (χ3n) is 6.76. The summed E-state index contributed by atoms with van der Waals surface area (Å²) in [6, 6.07) is 0. The molecule has 0 saturated carbocycles. The van der Waals surface area contributed by atoms with Gasteiger partial charge < -0.3 is 32.7 Å². The molecule has 0 N–H and O–H groups in total. The minimum atomic E-state index is -3.12. The molecule has 0 aromatic heterocycles. The standard InChI is InChI=1S/C11H22NO6P.C10H19O6P.CH4/c1-8-9-10(18-19(5,13)15-4)11(16-8,7-14-3)6-12(2)17-9;1-7-8-9(16-17(4,11)13-3)10(15-7,5-12-2)6-14-8;/h8-10H,6-7H2,1-5H3;7-9H,5-6H2,1-4H3;1H4/t8-,9+,10+,11+,19?;7-,8+,9+,10-,17?;/m00./s1. The molecule has 0 amide bonds. The molecule has 2 unspecified atom stereocenters. The number of methoxy groups -OCH3 is 2. The fraction of sp³-hybridized carbons (Fsp3) is 1.00. The van der Waals surface area contributed by atoms with Crippen molar-refractivity contribution in [2.24, 2.45) is 0 Å². The Kier molecular flexibility index (Phi) is 11.4. The molecule has 4 rings (SSSR count). The van der Waals surface area contributed by atoms with Gasteiger partial charge >= 0.3 is 15.2 Å². The zero-order valence-corrected chi connectivity index (χ0v) is 24.3. The number of ether oxygens (including phenoxy) is 5. The van der Waals surface area contributed by atoms with E-state index in [0.717, 1.165) is 0 Å². The molecule has 10 atom stereocenters. The maximum Gasteiger partial charge on any atom is 0.327 e. The lowest BCUT2D eigenvalue weighted by Crippen LogP contribution is -2.59. The third-order valence-corrected chi connectivity index (χ3v) is 9.31. The Labute approximate surface area is 220 Å². The number of nitrogens with zero attached hydrogens (tertiary/aromatic N) is 1. The van der Waals surface area contributed by atoms with Crippen LogP contribution in [0.4, 0.5) is 0 Å². The summed E-state index contributed by atoms with van der Waals surface area (Å²) >= 11 is 0. The highest BCUT2D eigenvalue weighted by molar-refractivity contribution is 7.53. The van der Waals surface area contributed by atoms with Crippen LogP contribution < -0.4 is 0 Å². The van der Waals surface area contributed by atoms with Gasteiger partial charge in [-0.3, -0.25) is 23.0 Å². The van der Waals surface area contributed by atoms with Gasteiger partial charge in [0.2, 0.25) is 0 Å². The zero-order valence-electron chi connectivity index (χ0n) is 22.5. The first-order valence-electron chi connectivity index (χ1n) is 11.7. The van der Waals surface area contributed by atoms with E-state index in [1.807, 2.05) is 20.9 Å². The molecule has 4 heterocycles. The molecule has 0 radical (unpaired) electrons. The molecule has 4 aliphatic rings. The second-order valence-corrected chi connectivity index (χ2v) is 14.0. The third kappa shape index (κ3) is 7.03. The predicted octanol–water partition coefficient (Wildman–Crippen LogP) is 2.57. The van der Waals surface area contributed by atoms with E-state index in [4.69, 9.17) is 46.6 Å². The van der Waals surface area contributed by atoms with Crippen LogP contribution in [0, 0.1) is 0 Å². The summed E-state index contributed by atoms with van der Waals surface area (Å²) in [7, 11) is 1.57. The van der Waals surface area contributed by atoms with Crippen LogP contribution in [0.5, 0.6) is 0 Å². The summed E-state index contributed by atoms with van der Waals surface area (Å²) in [4.78, 5) is 5.71. The smallest absolute Gasteiger partial charge is 0.327 e. The van der Waals surface area contributed by atoms with Gasteiger partial charge in [-0.15, -0.1) is 0 Å². The van der Waals surface area contributed by atoms with Crippen LogP contribution in [0.25, 0.3) is 0 Å². The molecule has 0 aromatic rings. The highest BCUT2D eigenvalue weighted by atomic mass is 31.2. The molecule has 37 heavy (non-hydrogen) atoms. The number of hydrogen-bond donors (Lipinski definition) is 0. The van der Waals surface area contributed by atoms with E-state index in [1.165, 1.54) is 27.5 Å². The number of rotatable bonds is 10. The normalized spacial score (nSPS) is 41.9. The summed E-state index contributed by atoms with van der Waals surface area (Å²) < 4.78 is 72.9. The van der Waals surface area contributed by atoms with Gasteiger partial charge in [0.1, 0.15) is 35.6 Å². The summed E-state index contributed by atoms with van der Waals surface area (Å²) in [5.41, 5.74) is -1.35. The van der Waals surface area contributed by atoms with Crippen LogP contribution in [0.3, 0.4) is 0 Å². The van der Waals surface area contributed by atoms with Crippen LogP contribution in [0.15, 0.2) is 0 Å². The Morgan fingerprint density at radius 2 is 1.30 bits per heavy atom. The zero-order chi connectivity index (χ0) is 26.9. The Morgan fingerprint density at radius 1 is 0.838 bits per heavy atom. The number of fused-ring (bicyclic) bond motifs is 4. The molecule has 15 heteroatoms. The number of hydroxylamine groups is 2. The molecule has 0 aromatic carbocycles. The lowest BCUT2D eigenvalue weighted by molar-refractivity contribution is -0.252. The Bertz CT molecular complexity index is 846. The van der Waals surface area contributed by atoms with E-state index in [1.54, 1.807) is 19.3 Å². The average molecular weight is 578 g/mol. The van der Waals surface area contributed by atoms with Crippen molar-refractivity contribution in [3.8, 4) is 0 Å². The van der Waals surface area contributed by atoms with Gasteiger partial charge in [0, 0.05) is 48.8 Å². The molecule has 0 spiro atoms. The molecule has 4 fully saturated rings. The van der Waals surface area contributed by atoms with E-state index >= 15 is 0 Å². The van der Waals surface area contributed by atoms with Crippen molar-refractivity contribution >= 4 is 15.2 Å². The topological polar surface area (TPSA) is 130 Å². The van der Waals surface area contributed by atoms with Crippen molar-refractivity contribution in [3.05, 3.63) is 0 Å². The second-order valence-electron chi connectivity index (χ2n) is 9.73. The highest BCUT2D eigenvalue weighted by Crippen LogP contribution is 2.53. The lowest BCUT2D eigenvalue weighted by Gasteiger charge is -2.42. The Hall–Kier alpha value is 0.0200. The maximum absolute atomic E-state index is 12.1. The average Bonchev–Trinajstić information content (AvgIpc) is 3.29. The van der Waals surface area contributed by atoms with Crippen molar-refractivity contribution in [1.29, 1.82) is 0 Å². The SMILES string of the molecule is C.COC[C@@]12CN(C)O[C@H]([C@H](C)O1)[C@H]2OP(C)(=O)OC.COC[C@@]12CO[C@H]([C@H](C)O1)[C@H]2OP(C)(=O)OC. The molecule has 4 saturated heterocycles. The van der Waals surface area contributed by atoms with Crippen LogP contribution in [0.1, 0.15) is 21.3 Å². The molecular formula is C22H45NO12P2. The van der Waals surface area contributed by atoms with Crippen molar-refractivity contribution < 1.29 is 55.7 Å². The number of likely N-dealkylation sites (N-methyl/N-ethyl adjacent to an activating group) is 1. The predicted molar refractivity (Wildman–Crippen MR) is 135 cm³/mol. The van der Waals surface area contributed by atoms with Crippen molar-refractivity contribution in [2.75, 3.05) is 75.2 Å². The molecule has 4 bridgehead atoms. The van der Waals surface area contributed by atoms with Gasteiger partial charge in [0.05, 0.1) is 38.6 Å².